The normalized spacial score (nSPS) is 26.4. The predicted octanol–water partition coefficient (Wildman–Crippen LogP) is 2.90. The molecule has 0 aliphatic carbocycles. The Bertz CT molecular complexity index is 593. The largest absolute Gasteiger partial charge is 0.311 e. The Morgan fingerprint density at radius 1 is 1.20 bits per heavy atom. The fraction of sp³-hybridized carbons (Fsp3) is 0.400. The fourth-order valence-corrected chi connectivity index (χ4v) is 4.73. The van der Waals surface area contributed by atoms with Gasteiger partial charge in [0.2, 0.25) is 5.91 Å². The van der Waals surface area contributed by atoms with Crippen LogP contribution in [0.1, 0.15) is 4.88 Å². The lowest BCUT2D eigenvalue weighted by Gasteiger charge is -2.20. The van der Waals surface area contributed by atoms with E-state index in [2.05, 4.69) is 27.8 Å². The van der Waals surface area contributed by atoms with Crippen LogP contribution in [0.25, 0.3) is 0 Å². The standard InChI is InChI=1S/C15H16N2OS2/c18-15-14-9-16(8-13-2-1-4-20-13)6-11(14)7-17(15)12-3-5-19-10-12/h1-5,10-11,14H,6-9H2/t11-,14-/m0/s1. The summed E-state index contributed by atoms with van der Waals surface area (Å²) < 4.78 is 0. The highest BCUT2D eigenvalue weighted by Gasteiger charge is 2.46. The number of thiophene rings is 2. The molecule has 0 unspecified atom stereocenters. The average molecular weight is 304 g/mol. The molecule has 0 aromatic carbocycles. The van der Waals surface area contributed by atoms with Crippen molar-refractivity contribution in [1.82, 2.24) is 4.90 Å². The minimum Gasteiger partial charge on any atom is -0.311 e. The van der Waals surface area contributed by atoms with Gasteiger partial charge in [0.05, 0.1) is 11.6 Å². The van der Waals surface area contributed by atoms with Crippen LogP contribution in [0.4, 0.5) is 5.69 Å². The topological polar surface area (TPSA) is 23.6 Å². The second-order valence-corrected chi connectivity index (χ2v) is 7.38. The number of hydrogen-bond acceptors (Lipinski definition) is 4. The van der Waals surface area contributed by atoms with Crippen molar-refractivity contribution >= 4 is 34.3 Å². The third-order valence-corrected chi connectivity index (χ3v) is 5.83. The lowest BCUT2D eigenvalue weighted by molar-refractivity contribution is -0.120. The van der Waals surface area contributed by atoms with E-state index >= 15 is 0 Å². The molecule has 4 rings (SSSR count). The first-order valence-electron chi connectivity index (χ1n) is 6.89. The van der Waals surface area contributed by atoms with Crippen LogP contribution in [0.15, 0.2) is 34.3 Å². The lowest BCUT2D eigenvalue weighted by Crippen LogP contribution is -2.32. The quantitative estimate of drug-likeness (QED) is 0.870. The van der Waals surface area contributed by atoms with Crippen LogP contribution in [-0.2, 0) is 11.3 Å². The second-order valence-electron chi connectivity index (χ2n) is 5.57. The van der Waals surface area contributed by atoms with Gasteiger partial charge in [0.25, 0.3) is 0 Å². The molecule has 2 aromatic heterocycles. The van der Waals surface area contributed by atoms with Crippen molar-refractivity contribution in [3.8, 4) is 0 Å². The maximum Gasteiger partial charge on any atom is 0.231 e. The molecule has 0 spiro atoms. The first kappa shape index (κ1) is 12.6. The summed E-state index contributed by atoms with van der Waals surface area (Å²) in [4.78, 5) is 18.4. The van der Waals surface area contributed by atoms with Gasteiger partial charge in [-0.1, -0.05) is 6.07 Å². The van der Waals surface area contributed by atoms with Gasteiger partial charge >= 0.3 is 0 Å². The van der Waals surface area contributed by atoms with E-state index in [1.807, 2.05) is 16.3 Å². The highest BCUT2D eigenvalue weighted by molar-refractivity contribution is 7.09. The first-order chi connectivity index (χ1) is 9.81. The molecule has 2 saturated heterocycles. The Morgan fingerprint density at radius 2 is 2.15 bits per heavy atom. The summed E-state index contributed by atoms with van der Waals surface area (Å²) in [6.07, 6.45) is 0. The molecular formula is C15H16N2OS2. The average Bonchev–Trinajstić information content (AvgIpc) is 3.17. The second kappa shape index (κ2) is 4.98. The number of amides is 1. The van der Waals surface area contributed by atoms with Crippen molar-refractivity contribution in [2.24, 2.45) is 11.8 Å². The number of hydrogen-bond donors (Lipinski definition) is 0. The molecule has 0 radical (unpaired) electrons. The third kappa shape index (κ3) is 2.10. The number of carbonyl (C=O) groups excluding carboxylic acids is 1. The number of fused-ring (bicyclic) bond motifs is 1. The summed E-state index contributed by atoms with van der Waals surface area (Å²) in [5.74, 6) is 1.03. The summed E-state index contributed by atoms with van der Waals surface area (Å²) in [5, 5.41) is 6.23. The van der Waals surface area contributed by atoms with E-state index in [4.69, 9.17) is 0 Å². The van der Waals surface area contributed by atoms with Crippen LogP contribution in [0.3, 0.4) is 0 Å². The fourth-order valence-electron chi connectivity index (χ4n) is 3.35. The minimum absolute atomic E-state index is 0.204. The number of likely N-dealkylation sites (tertiary alicyclic amines) is 1. The summed E-state index contributed by atoms with van der Waals surface area (Å²) in [5.41, 5.74) is 1.08. The molecule has 4 heterocycles. The van der Waals surface area contributed by atoms with Crippen molar-refractivity contribution in [3.63, 3.8) is 0 Å². The van der Waals surface area contributed by atoms with E-state index in [-0.39, 0.29) is 5.92 Å². The van der Waals surface area contributed by atoms with E-state index in [1.165, 1.54) is 4.88 Å². The first-order valence-corrected chi connectivity index (χ1v) is 8.72. The molecule has 2 aliphatic heterocycles. The van der Waals surface area contributed by atoms with Crippen molar-refractivity contribution in [2.45, 2.75) is 6.54 Å². The van der Waals surface area contributed by atoms with Crippen LogP contribution < -0.4 is 4.90 Å². The summed E-state index contributed by atoms with van der Waals surface area (Å²) >= 11 is 3.46. The van der Waals surface area contributed by atoms with E-state index in [0.717, 1.165) is 31.9 Å². The predicted molar refractivity (Wildman–Crippen MR) is 83.2 cm³/mol. The lowest BCUT2D eigenvalue weighted by atomic mass is 10.0. The molecule has 1 amide bonds. The van der Waals surface area contributed by atoms with Crippen molar-refractivity contribution in [3.05, 3.63) is 39.2 Å². The molecule has 0 bridgehead atoms. The molecule has 2 atom stereocenters. The maximum atomic E-state index is 12.5. The highest BCUT2D eigenvalue weighted by atomic mass is 32.1. The Balaban J connectivity index is 1.45. The zero-order valence-electron chi connectivity index (χ0n) is 11.1. The number of anilines is 1. The van der Waals surface area contributed by atoms with Crippen molar-refractivity contribution in [2.75, 3.05) is 24.5 Å². The molecule has 2 fully saturated rings. The van der Waals surface area contributed by atoms with Crippen LogP contribution >= 0.6 is 22.7 Å². The zero-order chi connectivity index (χ0) is 13.5. The SMILES string of the molecule is O=C1[C@H]2CN(Cc3cccs3)C[C@H]2CN1c1ccsc1. The molecule has 2 aromatic rings. The zero-order valence-corrected chi connectivity index (χ0v) is 12.7. The number of carbonyl (C=O) groups is 1. The van der Waals surface area contributed by atoms with Crippen molar-refractivity contribution < 1.29 is 4.79 Å². The minimum atomic E-state index is 0.204. The monoisotopic (exact) mass is 304 g/mol. The Labute approximate surface area is 126 Å². The van der Waals surface area contributed by atoms with E-state index < -0.39 is 0 Å². The van der Waals surface area contributed by atoms with Crippen LogP contribution in [-0.4, -0.2) is 30.4 Å². The van der Waals surface area contributed by atoms with Gasteiger partial charge in [-0.3, -0.25) is 9.69 Å². The van der Waals surface area contributed by atoms with Gasteiger partial charge in [0.1, 0.15) is 0 Å². The molecule has 104 valence electrons. The van der Waals surface area contributed by atoms with Gasteiger partial charge < -0.3 is 4.90 Å². The molecule has 0 N–H and O–H groups in total. The number of rotatable bonds is 3. The third-order valence-electron chi connectivity index (χ3n) is 4.29. The molecule has 3 nitrogen and oxygen atoms in total. The molecule has 0 saturated carbocycles. The van der Waals surface area contributed by atoms with Gasteiger partial charge in [-0.2, -0.15) is 11.3 Å². The molecular weight excluding hydrogens is 288 g/mol. The Hall–Kier alpha value is -1.17. The highest BCUT2D eigenvalue weighted by Crippen LogP contribution is 2.36. The molecule has 5 heteroatoms. The Kier molecular flexibility index (Phi) is 3.13. The van der Waals surface area contributed by atoms with E-state index in [0.29, 0.717) is 11.8 Å². The van der Waals surface area contributed by atoms with Gasteiger partial charge in [0.15, 0.2) is 0 Å². The van der Waals surface area contributed by atoms with Crippen LogP contribution in [0.5, 0.6) is 0 Å². The summed E-state index contributed by atoms with van der Waals surface area (Å²) in [7, 11) is 0. The summed E-state index contributed by atoms with van der Waals surface area (Å²) in [6.45, 7) is 3.86. The molecule has 2 aliphatic rings. The van der Waals surface area contributed by atoms with Crippen LogP contribution in [0.2, 0.25) is 0 Å². The van der Waals surface area contributed by atoms with E-state index in [1.54, 1.807) is 22.7 Å². The van der Waals surface area contributed by atoms with Gasteiger partial charge in [-0.25, -0.2) is 0 Å². The number of nitrogens with zero attached hydrogens (tertiary/aromatic N) is 2. The van der Waals surface area contributed by atoms with Gasteiger partial charge in [0, 0.05) is 42.4 Å². The van der Waals surface area contributed by atoms with Gasteiger partial charge in [-0.05, 0) is 22.9 Å². The smallest absolute Gasteiger partial charge is 0.231 e. The molecule has 20 heavy (non-hydrogen) atoms. The Morgan fingerprint density at radius 3 is 2.85 bits per heavy atom. The summed E-state index contributed by atoms with van der Waals surface area (Å²) in [6, 6.07) is 6.33. The van der Waals surface area contributed by atoms with E-state index in [9.17, 15) is 4.79 Å². The maximum absolute atomic E-state index is 12.5. The van der Waals surface area contributed by atoms with Crippen LogP contribution in [0, 0.1) is 11.8 Å². The van der Waals surface area contributed by atoms with Crippen molar-refractivity contribution in [1.29, 1.82) is 0 Å². The van der Waals surface area contributed by atoms with Gasteiger partial charge in [-0.15, -0.1) is 11.3 Å².